The maximum Gasteiger partial charge on any atom is 0.347 e. The van der Waals surface area contributed by atoms with Gasteiger partial charge in [0.1, 0.15) is 11.9 Å². The molecule has 10 heteroatoms. The maximum absolute atomic E-state index is 11.2. The Kier molecular flexibility index (Phi) is 4.52. The topological polar surface area (TPSA) is 144 Å². The van der Waals surface area contributed by atoms with Crippen LogP contribution in [0.4, 0.5) is 0 Å². The number of hydrogen-bond acceptors (Lipinski definition) is 3. The van der Waals surface area contributed by atoms with Crippen LogP contribution in [0.3, 0.4) is 0 Å². The lowest BCUT2D eigenvalue weighted by Gasteiger charge is -2.34. The Morgan fingerprint density at radius 2 is 1.76 bits per heavy atom. The van der Waals surface area contributed by atoms with Crippen molar-refractivity contribution in [2.75, 3.05) is 6.16 Å². The van der Waals surface area contributed by atoms with Crippen LogP contribution in [0.1, 0.15) is 19.3 Å². The molecule has 1 amide bonds. The van der Waals surface area contributed by atoms with Crippen LogP contribution in [0.5, 0.6) is 0 Å². The van der Waals surface area contributed by atoms with Gasteiger partial charge in [-0.1, -0.05) is 6.42 Å². The van der Waals surface area contributed by atoms with Crippen LogP contribution in [-0.4, -0.2) is 37.4 Å². The van der Waals surface area contributed by atoms with Crippen molar-refractivity contribution in [2.45, 2.75) is 25.0 Å². The van der Waals surface area contributed by atoms with Crippen LogP contribution < -0.4 is 5.32 Å². The zero-order valence-electron chi connectivity index (χ0n) is 8.89. The molecule has 0 aromatic heterocycles. The number of nitrogens with one attached hydrogen (secondary N) is 1. The van der Waals surface area contributed by atoms with Gasteiger partial charge in [-0.3, -0.25) is 13.9 Å². The fourth-order valence-corrected chi connectivity index (χ4v) is 3.25. The van der Waals surface area contributed by atoms with Crippen molar-refractivity contribution in [2.24, 2.45) is 5.92 Å². The van der Waals surface area contributed by atoms with Crippen molar-refractivity contribution in [1.82, 2.24) is 5.32 Å². The fraction of sp³-hybridized carbons (Fsp3) is 0.857. The van der Waals surface area contributed by atoms with Gasteiger partial charge >= 0.3 is 15.2 Å². The van der Waals surface area contributed by atoms with Gasteiger partial charge in [0.25, 0.3) is 0 Å². The molecule has 0 heterocycles. The summed E-state index contributed by atoms with van der Waals surface area (Å²) >= 11 is 0. The van der Waals surface area contributed by atoms with Crippen molar-refractivity contribution in [3.8, 4) is 0 Å². The minimum absolute atomic E-state index is 0.323. The molecule has 1 saturated carbocycles. The van der Waals surface area contributed by atoms with Gasteiger partial charge in [-0.15, -0.1) is 0 Å². The molecule has 1 fully saturated rings. The Morgan fingerprint density at radius 3 is 2.06 bits per heavy atom. The van der Waals surface area contributed by atoms with E-state index in [0.717, 1.165) is 6.42 Å². The van der Waals surface area contributed by atoms with E-state index in [-0.39, 0.29) is 5.92 Å². The second-order valence-electron chi connectivity index (χ2n) is 4.12. The van der Waals surface area contributed by atoms with Crippen LogP contribution in [0.2, 0.25) is 0 Å². The lowest BCUT2D eigenvalue weighted by molar-refractivity contribution is -0.119. The average molecular weight is 287 g/mol. The third-order valence-electron chi connectivity index (χ3n) is 2.62. The first-order valence-corrected chi connectivity index (χ1v) is 8.46. The number of amides is 1. The Hall–Kier alpha value is -0.230. The van der Waals surface area contributed by atoms with E-state index in [0.29, 0.717) is 12.8 Å². The number of hydrogen-bond donors (Lipinski definition) is 5. The van der Waals surface area contributed by atoms with Gasteiger partial charge in [-0.25, -0.2) is 0 Å². The summed E-state index contributed by atoms with van der Waals surface area (Å²) in [6.07, 6.45) is 0.948. The highest BCUT2D eigenvalue weighted by Gasteiger charge is 2.40. The molecular weight excluding hydrogens is 272 g/mol. The third-order valence-corrected chi connectivity index (χ3v) is 4.59. The molecular formula is C7H15NO7P2. The van der Waals surface area contributed by atoms with Crippen molar-refractivity contribution in [3.63, 3.8) is 0 Å². The molecule has 5 N–H and O–H groups in total. The van der Waals surface area contributed by atoms with E-state index in [1.54, 1.807) is 0 Å². The van der Waals surface area contributed by atoms with E-state index < -0.39 is 33.0 Å². The zero-order valence-corrected chi connectivity index (χ0v) is 10.7. The summed E-state index contributed by atoms with van der Waals surface area (Å²) in [6, 6.07) is 0. The van der Waals surface area contributed by atoms with E-state index in [9.17, 15) is 13.9 Å². The number of carbonyl (C=O) groups excluding carboxylic acids is 1. The Morgan fingerprint density at radius 1 is 1.24 bits per heavy atom. The van der Waals surface area contributed by atoms with E-state index in [4.69, 9.17) is 19.6 Å². The molecule has 1 aliphatic carbocycles. The van der Waals surface area contributed by atoms with Gasteiger partial charge in [0.15, 0.2) is 0 Å². The SMILES string of the molecule is O=C(CP(=O)(O)O)NC(C1CCC1)P(=O)(O)O. The number of carbonyl (C=O) groups is 1. The zero-order chi connectivity index (χ0) is 13.3. The molecule has 0 aromatic carbocycles. The Labute approximate surface area is 97.7 Å². The summed E-state index contributed by atoms with van der Waals surface area (Å²) in [5, 5.41) is 2.02. The molecule has 1 aliphatic rings. The lowest BCUT2D eigenvalue weighted by atomic mass is 9.85. The molecule has 0 spiro atoms. The van der Waals surface area contributed by atoms with Crippen LogP contribution >= 0.6 is 15.2 Å². The van der Waals surface area contributed by atoms with Crippen LogP contribution in [0, 0.1) is 5.92 Å². The predicted molar refractivity (Wildman–Crippen MR) is 58.2 cm³/mol. The second-order valence-corrected chi connectivity index (χ2v) is 7.50. The molecule has 0 radical (unpaired) electrons. The molecule has 0 bridgehead atoms. The smallest absolute Gasteiger partial charge is 0.341 e. The van der Waals surface area contributed by atoms with Crippen molar-refractivity contribution < 1.29 is 33.5 Å². The quantitative estimate of drug-likeness (QED) is 0.432. The lowest BCUT2D eigenvalue weighted by Crippen LogP contribution is -2.43. The van der Waals surface area contributed by atoms with Crippen molar-refractivity contribution >= 4 is 21.1 Å². The molecule has 0 aromatic rings. The van der Waals surface area contributed by atoms with Crippen LogP contribution in [0.15, 0.2) is 0 Å². The van der Waals surface area contributed by atoms with E-state index >= 15 is 0 Å². The standard InChI is InChI=1S/C7H15NO7P2/c9-6(4-16(10,11)12)8-7(17(13,14)15)5-2-1-3-5/h5,7H,1-4H2,(H,8,9)(H2,10,11,12)(H2,13,14,15). The Balaban J connectivity index is 2.64. The fourth-order valence-electron chi connectivity index (χ4n) is 1.63. The number of rotatable bonds is 5. The van der Waals surface area contributed by atoms with E-state index in [1.165, 1.54) is 0 Å². The summed E-state index contributed by atoms with van der Waals surface area (Å²) in [6.45, 7) is 0. The molecule has 1 atom stereocenters. The van der Waals surface area contributed by atoms with Crippen molar-refractivity contribution in [1.29, 1.82) is 0 Å². The Bertz CT molecular complexity index is 382. The average Bonchev–Trinajstić information content (AvgIpc) is 1.93. The van der Waals surface area contributed by atoms with Crippen LogP contribution in [-0.2, 0) is 13.9 Å². The highest BCUT2D eigenvalue weighted by Crippen LogP contribution is 2.49. The monoisotopic (exact) mass is 287 g/mol. The first kappa shape index (κ1) is 14.8. The summed E-state index contributed by atoms with van der Waals surface area (Å²) in [5.41, 5.74) is 0. The molecule has 100 valence electrons. The summed E-state index contributed by atoms with van der Waals surface area (Å²) in [4.78, 5) is 46.5. The van der Waals surface area contributed by atoms with Gasteiger partial charge in [0.2, 0.25) is 5.91 Å². The van der Waals surface area contributed by atoms with Crippen molar-refractivity contribution in [3.05, 3.63) is 0 Å². The third kappa shape index (κ3) is 4.87. The minimum Gasteiger partial charge on any atom is -0.341 e. The van der Waals surface area contributed by atoms with Gasteiger partial charge in [0, 0.05) is 0 Å². The molecule has 8 nitrogen and oxygen atoms in total. The highest BCUT2D eigenvalue weighted by atomic mass is 31.2. The van der Waals surface area contributed by atoms with Crippen LogP contribution in [0.25, 0.3) is 0 Å². The summed E-state index contributed by atoms with van der Waals surface area (Å²) < 4.78 is 21.7. The molecule has 0 saturated heterocycles. The van der Waals surface area contributed by atoms with E-state index in [1.807, 2.05) is 5.32 Å². The van der Waals surface area contributed by atoms with E-state index in [2.05, 4.69) is 0 Å². The first-order valence-electron chi connectivity index (χ1n) is 4.99. The largest absolute Gasteiger partial charge is 0.347 e. The molecule has 1 unspecified atom stereocenters. The first-order chi connectivity index (χ1) is 7.59. The maximum atomic E-state index is 11.2. The molecule has 1 rings (SSSR count). The van der Waals surface area contributed by atoms with Gasteiger partial charge < -0.3 is 24.9 Å². The second kappa shape index (κ2) is 5.18. The highest BCUT2D eigenvalue weighted by molar-refractivity contribution is 7.53. The predicted octanol–water partition coefficient (Wildman–Crippen LogP) is -0.416. The summed E-state index contributed by atoms with van der Waals surface area (Å²) in [5.74, 6) is -2.70. The molecule has 0 aliphatic heterocycles. The normalized spacial score (nSPS) is 19.5. The van der Waals surface area contributed by atoms with Gasteiger partial charge in [-0.05, 0) is 18.8 Å². The minimum atomic E-state index is -4.52. The summed E-state index contributed by atoms with van der Waals surface area (Å²) in [7, 11) is -9.02. The molecule has 17 heavy (non-hydrogen) atoms. The van der Waals surface area contributed by atoms with Gasteiger partial charge in [-0.2, -0.15) is 0 Å². The van der Waals surface area contributed by atoms with Gasteiger partial charge in [0.05, 0.1) is 0 Å².